The Bertz CT molecular complexity index is 683. The van der Waals surface area contributed by atoms with Crippen molar-refractivity contribution in [2.75, 3.05) is 65.9 Å². The number of hydrogen-bond donors (Lipinski definition) is 4. The Labute approximate surface area is 222 Å². The molecule has 0 aliphatic carbocycles. The lowest BCUT2D eigenvalue weighted by molar-refractivity contribution is -0.145. The largest absolute Gasteiger partial charge is 0.479 e. The summed E-state index contributed by atoms with van der Waals surface area (Å²) >= 11 is 0. The Morgan fingerprint density at radius 2 is 1.32 bits per heavy atom. The summed E-state index contributed by atoms with van der Waals surface area (Å²) in [7, 11) is -2.08. The van der Waals surface area contributed by atoms with E-state index in [1.165, 1.54) is 0 Å². The van der Waals surface area contributed by atoms with Crippen LogP contribution in [0.25, 0.3) is 0 Å². The first kappa shape index (κ1) is 35.2. The van der Waals surface area contributed by atoms with Gasteiger partial charge >= 0.3 is 12.1 Å². The van der Waals surface area contributed by atoms with Crippen LogP contribution in [0.2, 0.25) is 25.2 Å². The first-order valence-corrected chi connectivity index (χ1v) is 16.3. The zero-order chi connectivity index (χ0) is 28.5. The maximum atomic E-state index is 12.5. The highest BCUT2D eigenvalue weighted by Crippen LogP contribution is 2.33. The molecule has 37 heavy (non-hydrogen) atoms. The van der Waals surface area contributed by atoms with Crippen LogP contribution in [0.15, 0.2) is 0 Å². The first-order valence-electron chi connectivity index (χ1n) is 12.7. The lowest BCUT2D eigenvalue weighted by atomic mass is 9.95. The maximum Gasteiger partial charge on any atom is 0.408 e. The molecule has 13 heteroatoms. The van der Waals surface area contributed by atoms with Crippen molar-refractivity contribution in [3.8, 4) is 0 Å². The summed E-state index contributed by atoms with van der Waals surface area (Å²) in [4.78, 5) is 37.4. The fraction of sp³-hybridized carbons (Fsp3) is 0.875. The number of hydrogen-bond acceptors (Lipinski definition) is 9. The van der Waals surface area contributed by atoms with Crippen molar-refractivity contribution in [2.24, 2.45) is 5.73 Å². The number of carboxylic acid groups (broad SMARTS) is 1. The number of carboxylic acids is 1. The molecule has 0 spiro atoms. The van der Waals surface area contributed by atoms with E-state index in [4.69, 9.17) is 29.4 Å². The number of nitrogens with one attached hydrogen (secondary N) is 2. The van der Waals surface area contributed by atoms with Crippen molar-refractivity contribution >= 4 is 26.0 Å². The van der Waals surface area contributed by atoms with Gasteiger partial charge in [-0.1, -0.05) is 26.6 Å². The van der Waals surface area contributed by atoms with Crippen LogP contribution in [0, 0.1) is 0 Å². The molecule has 218 valence electrons. The summed E-state index contributed by atoms with van der Waals surface area (Å²) in [6, 6.07) is 0. The van der Waals surface area contributed by atoms with E-state index >= 15 is 0 Å². The first-order chi connectivity index (χ1) is 17.2. The molecule has 1 unspecified atom stereocenters. The monoisotopic (exact) mass is 551 g/mol. The summed E-state index contributed by atoms with van der Waals surface area (Å²) in [6.07, 6.45) is -0.807. The number of alkyl carbamates (subject to hydrolysis) is 1. The van der Waals surface area contributed by atoms with Gasteiger partial charge in [0.15, 0.2) is 5.54 Å². The normalized spacial score (nSPS) is 14.5. The number of rotatable bonds is 20. The third kappa shape index (κ3) is 15.9. The molecule has 0 aromatic heterocycles. The van der Waals surface area contributed by atoms with Crippen LogP contribution >= 0.6 is 0 Å². The maximum absolute atomic E-state index is 12.5. The van der Waals surface area contributed by atoms with Crippen molar-refractivity contribution in [3.63, 3.8) is 0 Å². The Balaban J connectivity index is 4.55. The summed E-state index contributed by atoms with van der Waals surface area (Å²) in [5, 5.41) is 15.4. The van der Waals surface area contributed by atoms with Gasteiger partial charge in [0.05, 0.1) is 67.5 Å². The summed E-state index contributed by atoms with van der Waals surface area (Å²) in [5.74, 6) is -1.61. The van der Waals surface area contributed by atoms with Crippen molar-refractivity contribution in [1.82, 2.24) is 10.6 Å². The predicted octanol–water partition coefficient (Wildman–Crippen LogP) is 1.59. The zero-order valence-corrected chi connectivity index (χ0v) is 24.6. The van der Waals surface area contributed by atoms with Crippen LogP contribution in [-0.4, -0.2) is 108 Å². The number of carbonyl (C=O) groups excluding carboxylic acids is 2. The topological polar surface area (TPSA) is 168 Å². The van der Waals surface area contributed by atoms with Crippen LogP contribution in [0.5, 0.6) is 0 Å². The van der Waals surface area contributed by atoms with Gasteiger partial charge in [0.2, 0.25) is 5.91 Å². The van der Waals surface area contributed by atoms with E-state index in [1.54, 1.807) is 27.7 Å². The van der Waals surface area contributed by atoms with E-state index in [9.17, 15) is 19.5 Å². The van der Waals surface area contributed by atoms with E-state index in [0.717, 1.165) is 0 Å². The molecule has 0 aromatic rings. The minimum absolute atomic E-state index is 0.0371. The predicted molar refractivity (Wildman–Crippen MR) is 142 cm³/mol. The number of aliphatic carboxylic acids is 1. The van der Waals surface area contributed by atoms with Gasteiger partial charge < -0.3 is 45.2 Å². The van der Waals surface area contributed by atoms with Gasteiger partial charge in [-0.15, -0.1) is 0 Å². The van der Waals surface area contributed by atoms with Crippen molar-refractivity contribution in [2.45, 2.75) is 70.4 Å². The average Bonchev–Trinajstić information content (AvgIpc) is 2.77. The quantitative estimate of drug-likeness (QED) is 0.129. The molecule has 0 rings (SSSR count). The van der Waals surface area contributed by atoms with Crippen LogP contribution < -0.4 is 16.4 Å². The smallest absolute Gasteiger partial charge is 0.408 e. The second-order valence-electron chi connectivity index (χ2n) is 10.8. The van der Waals surface area contributed by atoms with Crippen molar-refractivity contribution in [3.05, 3.63) is 0 Å². The van der Waals surface area contributed by atoms with Gasteiger partial charge in [-0.25, -0.2) is 9.59 Å². The van der Waals surface area contributed by atoms with Gasteiger partial charge in [-0.05, 0) is 26.3 Å². The van der Waals surface area contributed by atoms with Crippen LogP contribution in [0.4, 0.5) is 4.79 Å². The summed E-state index contributed by atoms with van der Waals surface area (Å²) in [5.41, 5.74) is 2.39. The third-order valence-electron chi connectivity index (χ3n) is 5.56. The number of ether oxygens (including phenoxy) is 5. The lowest BCUT2D eigenvalue weighted by Crippen LogP contribution is -2.66. The van der Waals surface area contributed by atoms with E-state index in [0.29, 0.717) is 52.8 Å². The Hall–Kier alpha value is -1.77. The molecule has 0 saturated carbocycles. The molecule has 0 aliphatic rings. The number of amides is 2. The van der Waals surface area contributed by atoms with Gasteiger partial charge in [-0.2, -0.15) is 0 Å². The standard InChI is InChI=1S/C24H49N3O9Si/c1-19(37(5,6)7)24(21(29)30,27-22(31)36-23(2,3)4)18-26-20(28)8-10-32-12-14-34-16-17-35-15-13-33-11-9-25/h19H,8-18,25H2,1-7H3,(H,26,28)(H,27,31)(H,29,30)/t19?,24-/m0/s1. The van der Waals surface area contributed by atoms with E-state index in [1.807, 2.05) is 19.6 Å². The molecule has 0 bridgehead atoms. The minimum atomic E-state index is -2.08. The highest BCUT2D eigenvalue weighted by Gasteiger charge is 2.51. The van der Waals surface area contributed by atoms with Gasteiger partial charge in [0.25, 0.3) is 0 Å². The molecular formula is C24H49N3O9Si. The molecule has 0 aromatic carbocycles. The molecule has 0 saturated heterocycles. The molecule has 0 heterocycles. The number of nitrogens with two attached hydrogens (primary N) is 1. The Morgan fingerprint density at radius 1 is 0.865 bits per heavy atom. The molecule has 2 atom stereocenters. The molecule has 0 fully saturated rings. The second kappa shape index (κ2) is 17.7. The Morgan fingerprint density at radius 3 is 1.73 bits per heavy atom. The fourth-order valence-electron chi connectivity index (χ4n) is 3.18. The summed E-state index contributed by atoms with van der Waals surface area (Å²) in [6.45, 7) is 16.2. The van der Waals surface area contributed by atoms with Crippen molar-refractivity contribution < 1.29 is 43.2 Å². The minimum Gasteiger partial charge on any atom is -0.479 e. The summed E-state index contributed by atoms with van der Waals surface area (Å²) < 4.78 is 26.6. The fourth-order valence-corrected chi connectivity index (χ4v) is 4.96. The molecule has 0 radical (unpaired) electrons. The van der Waals surface area contributed by atoms with Crippen LogP contribution in [-0.2, 0) is 33.3 Å². The van der Waals surface area contributed by atoms with Crippen LogP contribution in [0.1, 0.15) is 34.1 Å². The second-order valence-corrected chi connectivity index (χ2v) is 16.4. The average molecular weight is 552 g/mol. The molecular weight excluding hydrogens is 502 g/mol. The molecule has 0 aliphatic heterocycles. The zero-order valence-electron chi connectivity index (χ0n) is 23.6. The molecule has 12 nitrogen and oxygen atoms in total. The van der Waals surface area contributed by atoms with Gasteiger partial charge in [-0.3, -0.25) is 4.79 Å². The van der Waals surface area contributed by atoms with E-state index in [2.05, 4.69) is 10.6 Å². The van der Waals surface area contributed by atoms with Crippen LogP contribution in [0.3, 0.4) is 0 Å². The Kier molecular flexibility index (Phi) is 16.8. The molecule has 5 N–H and O–H groups in total. The molecule has 2 amide bonds. The van der Waals surface area contributed by atoms with E-state index in [-0.39, 0.29) is 25.5 Å². The SMILES string of the molecule is CC([C@](CNC(=O)CCOCCOCCOCCOCCN)(NC(=O)OC(C)(C)C)C(=O)O)[Si](C)(C)C. The van der Waals surface area contributed by atoms with Gasteiger partial charge in [0.1, 0.15) is 5.60 Å². The van der Waals surface area contributed by atoms with Gasteiger partial charge in [0, 0.05) is 13.0 Å². The van der Waals surface area contributed by atoms with E-state index < -0.39 is 36.8 Å². The lowest BCUT2D eigenvalue weighted by Gasteiger charge is -2.42. The highest BCUT2D eigenvalue weighted by molar-refractivity contribution is 6.78. The third-order valence-corrected chi connectivity index (χ3v) is 8.65. The highest BCUT2D eigenvalue weighted by atomic mass is 28.3. The number of carbonyl (C=O) groups is 3. The van der Waals surface area contributed by atoms with Crippen molar-refractivity contribution in [1.29, 1.82) is 0 Å².